The van der Waals surface area contributed by atoms with Gasteiger partial charge in [-0.05, 0) is 31.2 Å². The molecule has 3 heteroatoms. The molecule has 0 unspecified atom stereocenters. The fraction of sp³-hybridized carbons (Fsp3) is 0.238. The Hall–Kier alpha value is -2.68. The zero-order valence-corrected chi connectivity index (χ0v) is 15.3. The molecule has 0 aliphatic carbocycles. The van der Waals surface area contributed by atoms with Gasteiger partial charge in [-0.2, -0.15) is 0 Å². The largest absolute Gasteiger partial charge is 0.497 e. The van der Waals surface area contributed by atoms with Gasteiger partial charge in [-0.25, -0.2) is 0 Å². The molecule has 2 N–H and O–H groups in total. The lowest BCUT2D eigenvalue weighted by molar-refractivity contribution is 0.415. The smallest absolute Gasteiger partial charge is 0.120 e. The molecule has 3 nitrogen and oxygen atoms in total. The van der Waals surface area contributed by atoms with Crippen LogP contribution in [0.3, 0.4) is 0 Å². The molecule has 130 valence electrons. The van der Waals surface area contributed by atoms with Crippen molar-refractivity contribution in [3.63, 3.8) is 0 Å². The van der Waals surface area contributed by atoms with Gasteiger partial charge >= 0.3 is 0 Å². The van der Waals surface area contributed by atoms with E-state index in [1.165, 1.54) is 0 Å². The van der Waals surface area contributed by atoms with Crippen molar-refractivity contribution in [2.24, 2.45) is 0 Å². The maximum atomic E-state index is 5.22. The summed E-state index contributed by atoms with van der Waals surface area (Å²) in [4.78, 5) is 0. The fourth-order valence-corrected chi connectivity index (χ4v) is 1.78. The monoisotopic (exact) mass is 326 g/mol. The predicted molar refractivity (Wildman–Crippen MR) is 109 cm³/mol. The number of nitrogens with one attached hydrogen (secondary N) is 2. The van der Waals surface area contributed by atoms with Crippen LogP contribution in [0, 0.1) is 0 Å². The summed E-state index contributed by atoms with van der Waals surface area (Å²) >= 11 is 0. The zero-order chi connectivity index (χ0) is 18.2. The summed E-state index contributed by atoms with van der Waals surface area (Å²) in [5.41, 5.74) is 3.06. The van der Waals surface area contributed by atoms with E-state index in [1.54, 1.807) is 13.2 Å². The molecule has 2 aromatic rings. The van der Waals surface area contributed by atoms with E-state index in [9.17, 15) is 0 Å². The van der Waals surface area contributed by atoms with Crippen LogP contribution >= 0.6 is 0 Å². The lowest BCUT2D eigenvalue weighted by Gasteiger charge is -2.13. The normalized spacial score (nSPS) is 8.50. The number of hydrogen-bond acceptors (Lipinski definition) is 3. The summed E-state index contributed by atoms with van der Waals surface area (Å²) in [6.45, 7) is 13.7. The molecule has 0 atom stereocenters. The number of para-hydroxylation sites is 2. The maximum absolute atomic E-state index is 5.22. The molecule has 0 bridgehead atoms. The predicted octanol–water partition coefficient (Wildman–Crippen LogP) is 6.26. The molecule has 0 aromatic heterocycles. The van der Waals surface area contributed by atoms with Crippen molar-refractivity contribution in [1.29, 1.82) is 0 Å². The molecule has 0 fully saturated rings. The maximum Gasteiger partial charge on any atom is 0.120 e. The number of benzene rings is 2. The van der Waals surface area contributed by atoms with Gasteiger partial charge in [0.15, 0.2) is 0 Å². The molecule has 2 aromatic carbocycles. The minimum Gasteiger partial charge on any atom is -0.497 e. The van der Waals surface area contributed by atoms with Crippen LogP contribution in [0.25, 0.3) is 0 Å². The van der Waals surface area contributed by atoms with Gasteiger partial charge in [0.2, 0.25) is 0 Å². The summed E-state index contributed by atoms with van der Waals surface area (Å²) in [7, 11) is 1.67. The molecule has 0 aliphatic heterocycles. The summed E-state index contributed by atoms with van der Waals surface area (Å²) in [6.07, 6.45) is 3.59. The van der Waals surface area contributed by atoms with Crippen LogP contribution in [-0.2, 0) is 0 Å². The molecular weight excluding hydrogens is 296 g/mol. The van der Waals surface area contributed by atoms with Gasteiger partial charge in [0.25, 0.3) is 0 Å². The highest BCUT2D eigenvalue weighted by Crippen LogP contribution is 2.26. The highest BCUT2D eigenvalue weighted by molar-refractivity contribution is 5.74. The number of hydrogen-bond donors (Lipinski definition) is 2. The highest BCUT2D eigenvalue weighted by atomic mass is 16.5. The third-order valence-electron chi connectivity index (χ3n) is 2.71. The Kier molecular flexibility index (Phi) is 12.4. The highest BCUT2D eigenvalue weighted by Gasteiger charge is 2.01. The van der Waals surface area contributed by atoms with Gasteiger partial charge in [-0.15, -0.1) is 13.2 Å². The van der Waals surface area contributed by atoms with Crippen LogP contribution in [0.2, 0.25) is 0 Å². The first kappa shape index (κ1) is 21.3. The Balaban J connectivity index is 0.000000952. The van der Waals surface area contributed by atoms with E-state index in [-0.39, 0.29) is 0 Å². The topological polar surface area (TPSA) is 33.3 Å². The van der Waals surface area contributed by atoms with Crippen LogP contribution < -0.4 is 15.4 Å². The van der Waals surface area contributed by atoms with Gasteiger partial charge in [0.05, 0.1) is 18.5 Å². The number of methoxy groups -OCH3 is 1. The first-order valence-electron chi connectivity index (χ1n) is 8.17. The third kappa shape index (κ3) is 8.08. The molecule has 0 saturated carbocycles. The first-order valence-corrected chi connectivity index (χ1v) is 8.17. The standard InChI is InChI=1S/C16H18N2O.C3H6.C2H6/c1-3-11-17-15-9-4-5-10-16(15)18-13-7-6-8-14(12-13)19-2;1-3-2;1-2/h3-10,12,17-18H,1,11H2,2H3;3H,1H2,2H3;1-2H3. The number of allylic oxidation sites excluding steroid dienone is 1. The minimum absolute atomic E-state index is 0.733. The SMILES string of the molecule is C=CC.C=CCNc1ccccc1Nc1cccc(OC)c1.CC. The fourth-order valence-electron chi connectivity index (χ4n) is 1.78. The average molecular weight is 326 g/mol. The van der Waals surface area contributed by atoms with Gasteiger partial charge in [-0.1, -0.05) is 44.2 Å². The zero-order valence-electron chi connectivity index (χ0n) is 15.3. The Morgan fingerprint density at radius 3 is 2.21 bits per heavy atom. The van der Waals surface area contributed by atoms with Gasteiger partial charge in [-0.3, -0.25) is 0 Å². The Morgan fingerprint density at radius 1 is 1.00 bits per heavy atom. The van der Waals surface area contributed by atoms with E-state index in [0.717, 1.165) is 29.4 Å². The minimum atomic E-state index is 0.733. The van der Waals surface area contributed by atoms with Crippen LogP contribution in [0.5, 0.6) is 5.75 Å². The Morgan fingerprint density at radius 2 is 1.62 bits per heavy atom. The Bertz CT molecular complexity index is 594. The van der Waals surface area contributed by atoms with Crippen molar-refractivity contribution >= 4 is 17.1 Å². The van der Waals surface area contributed by atoms with E-state index >= 15 is 0 Å². The number of anilines is 3. The lowest BCUT2D eigenvalue weighted by Crippen LogP contribution is -2.01. The second-order valence-electron chi connectivity index (χ2n) is 4.48. The molecular formula is C21H30N2O. The van der Waals surface area contributed by atoms with Gasteiger partial charge < -0.3 is 15.4 Å². The second kappa shape index (κ2) is 13.9. The van der Waals surface area contributed by atoms with E-state index in [2.05, 4.69) is 23.8 Å². The van der Waals surface area contributed by atoms with E-state index in [0.29, 0.717) is 0 Å². The number of ether oxygens (including phenoxy) is 1. The van der Waals surface area contributed by atoms with Crippen molar-refractivity contribution in [3.05, 3.63) is 73.8 Å². The average Bonchev–Trinajstić information content (AvgIpc) is 2.63. The molecule has 0 spiro atoms. The molecule has 0 amide bonds. The van der Waals surface area contributed by atoms with Crippen molar-refractivity contribution in [2.75, 3.05) is 24.3 Å². The van der Waals surface area contributed by atoms with Crippen LogP contribution in [0.15, 0.2) is 73.8 Å². The molecule has 2 rings (SSSR count). The lowest BCUT2D eigenvalue weighted by atomic mass is 10.2. The summed E-state index contributed by atoms with van der Waals surface area (Å²) in [5.74, 6) is 0.835. The first-order chi connectivity index (χ1) is 11.7. The van der Waals surface area contributed by atoms with E-state index < -0.39 is 0 Å². The molecule has 24 heavy (non-hydrogen) atoms. The van der Waals surface area contributed by atoms with E-state index in [1.807, 2.05) is 75.4 Å². The van der Waals surface area contributed by atoms with Crippen molar-refractivity contribution in [3.8, 4) is 5.75 Å². The van der Waals surface area contributed by atoms with Crippen molar-refractivity contribution in [1.82, 2.24) is 0 Å². The molecule has 0 aliphatic rings. The van der Waals surface area contributed by atoms with Crippen LogP contribution in [-0.4, -0.2) is 13.7 Å². The van der Waals surface area contributed by atoms with Crippen LogP contribution in [0.4, 0.5) is 17.1 Å². The summed E-state index contributed by atoms with van der Waals surface area (Å²) in [6, 6.07) is 15.9. The Labute approximate surface area is 147 Å². The van der Waals surface area contributed by atoms with Gasteiger partial charge in [0.1, 0.15) is 5.75 Å². The molecule has 0 saturated heterocycles. The molecule has 0 heterocycles. The quantitative estimate of drug-likeness (QED) is 0.615. The van der Waals surface area contributed by atoms with E-state index in [4.69, 9.17) is 4.74 Å². The second-order valence-corrected chi connectivity index (χ2v) is 4.48. The summed E-state index contributed by atoms with van der Waals surface area (Å²) < 4.78 is 5.22. The number of rotatable bonds is 6. The van der Waals surface area contributed by atoms with Gasteiger partial charge in [0, 0.05) is 18.3 Å². The summed E-state index contributed by atoms with van der Waals surface area (Å²) in [5, 5.41) is 6.68. The van der Waals surface area contributed by atoms with Crippen molar-refractivity contribution in [2.45, 2.75) is 20.8 Å². The van der Waals surface area contributed by atoms with Crippen LogP contribution in [0.1, 0.15) is 20.8 Å². The molecule has 0 radical (unpaired) electrons. The van der Waals surface area contributed by atoms with Crippen molar-refractivity contribution < 1.29 is 4.74 Å². The third-order valence-corrected chi connectivity index (χ3v) is 2.71.